The molecule has 0 saturated carbocycles. The molecule has 0 unspecified atom stereocenters. The number of benzene rings is 1. The highest BCUT2D eigenvalue weighted by molar-refractivity contribution is 5.71. The predicted octanol–water partition coefficient (Wildman–Crippen LogP) is 2.49. The minimum Gasteiger partial charge on any atom is -0.243 e. The van der Waals surface area contributed by atoms with Gasteiger partial charge in [0.2, 0.25) is 6.33 Å². The predicted molar refractivity (Wildman–Crippen MR) is 49.2 cm³/mol. The van der Waals surface area contributed by atoms with Gasteiger partial charge in [0.15, 0.2) is 11.0 Å². The van der Waals surface area contributed by atoms with E-state index in [0.29, 0.717) is 17.6 Å². The van der Waals surface area contributed by atoms with Crippen molar-refractivity contribution in [2.45, 2.75) is 19.6 Å². The second-order valence-electron chi connectivity index (χ2n) is 3.29. The van der Waals surface area contributed by atoms with E-state index in [4.69, 9.17) is 0 Å². The van der Waals surface area contributed by atoms with Crippen LogP contribution in [0.4, 0.5) is 13.2 Å². The molecule has 0 aliphatic heterocycles. The number of nitrogens with zero attached hydrogens (tertiary/aromatic N) is 1. The second kappa shape index (κ2) is 3.25. The summed E-state index contributed by atoms with van der Waals surface area (Å²) < 4.78 is 39.1. The molecule has 2 aromatic rings. The third-order valence-electron chi connectivity index (χ3n) is 2.35. The minimum absolute atomic E-state index is 0.576. The molecule has 1 aromatic carbocycles. The first-order valence-electron chi connectivity index (χ1n) is 4.60. The quantitative estimate of drug-likeness (QED) is 0.705. The number of fused-ring (bicyclic) bond motifs is 1. The maximum atomic E-state index is 12.4. The fourth-order valence-corrected chi connectivity index (χ4v) is 1.55. The van der Waals surface area contributed by atoms with Gasteiger partial charge in [0, 0.05) is 6.07 Å². The Hall–Kier alpha value is -1.52. The van der Waals surface area contributed by atoms with Crippen molar-refractivity contribution >= 4 is 11.0 Å². The van der Waals surface area contributed by atoms with Gasteiger partial charge in [0.25, 0.3) is 0 Å². The largest absolute Gasteiger partial charge is 0.416 e. The van der Waals surface area contributed by atoms with Crippen LogP contribution in [0.2, 0.25) is 0 Å². The van der Waals surface area contributed by atoms with Gasteiger partial charge in [-0.1, -0.05) is 0 Å². The monoisotopic (exact) mass is 215 g/mol. The van der Waals surface area contributed by atoms with Crippen molar-refractivity contribution in [1.82, 2.24) is 4.98 Å². The molecule has 0 amide bonds. The third kappa shape index (κ3) is 1.69. The SMILES string of the molecule is CC[n+]1c[nH]c2ccc(C(F)(F)F)cc21. The van der Waals surface area contributed by atoms with E-state index in [2.05, 4.69) is 4.98 Å². The summed E-state index contributed by atoms with van der Waals surface area (Å²) in [5.41, 5.74) is 0.675. The van der Waals surface area contributed by atoms with Crippen LogP contribution in [0, 0.1) is 0 Å². The van der Waals surface area contributed by atoms with E-state index >= 15 is 0 Å². The summed E-state index contributed by atoms with van der Waals surface area (Å²) in [5.74, 6) is 0. The van der Waals surface area contributed by atoms with Gasteiger partial charge < -0.3 is 0 Å². The molecular weight excluding hydrogens is 205 g/mol. The second-order valence-corrected chi connectivity index (χ2v) is 3.29. The number of nitrogens with one attached hydrogen (secondary N) is 1. The lowest BCUT2D eigenvalue weighted by Crippen LogP contribution is -2.30. The molecule has 1 aromatic heterocycles. The number of halogens is 3. The number of alkyl halides is 3. The molecule has 1 N–H and O–H groups in total. The third-order valence-corrected chi connectivity index (χ3v) is 2.35. The first-order valence-corrected chi connectivity index (χ1v) is 4.60. The number of aromatic nitrogens is 2. The van der Waals surface area contributed by atoms with Crippen molar-refractivity contribution in [3.63, 3.8) is 0 Å². The molecule has 0 aliphatic carbocycles. The van der Waals surface area contributed by atoms with Crippen LogP contribution in [0.25, 0.3) is 11.0 Å². The highest BCUT2D eigenvalue weighted by Crippen LogP contribution is 2.30. The highest BCUT2D eigenvalue weighted by Gasteiger charge is 2.31. The molecule has 1 heterocycles. The molecule has 2 nitrogen and oxygen atoms in total. The summed E-state index contributed by atoms with van der Waals surface area (Å²) >= 11 is 0. The Labute approximate surface area is 84.3 Å². The van der Waals surface area contributed by atoms with Crippen molar-refractivity contribution in [2.24, 2.45) is 0 Å². The van der Waals surface area contributed by atoms with Gasteiger partial charge in [-0.2, -0.15) is 13.2 Å². The van der Waals surface area contributed by atoms with Crippen LogP contribution in [-0.4, -0.2) is 4.98 Å². The van der Waals surface area contributed by atoms with E-state index in [1.807, 2.05) is 6.92 Å². The number of hydrogen-bond acceptors (Lipinski definition) is 0. The van der Waals surface area contributed by atoms with Crippen molar-refractivity contribution in [3.8, 4) is 0 Å². The van der Waals surface area contributed by atoms with E-state index in [-0.39, 0.29) is 0 Å². The molecular formula is C10H10F3N2+. The summed E-state index contributed by atoms with van der Waals surface area (Å²) in [6.07, 6.45) is -2.61. The average molecular weight is 215 g/mol. The standard InChI is InChI=1S/C10H9F3N2/c1-2-15-6-14-8-4-3-7(5-9(8)15)10(11,12)13/h3-6H,2H2,1H3/p+1. The Kier molecular flexibility index (Phi) is 2.17. The van der Waals surface area contributed by atoms with Crippen LogP contribution in [0.15, 0.2) is 24.5 Å². The Morgan fingerprint density at radius 3 is 2.67 bits per heavy atom. The topological polar surface area (TPSA) is 19.7 Å². The number of aryl methyl sites for hydroxylation is 1. The van der Waals surface area contributed by atoms with Gasteiger partial charge in [-0.25, -0.2) is 9.55 Å². The molecule has 0 fully saturated rings. The zero-order chi connectivity index (χ0) is 11.1. The van der Waals surface area contributed by atoms with Gasteiger partial charge in [0.1, 0.15) is 0 Å². The fraction of sp³-hybridized carbons (Fsp3) is 0.300. The van der Waals surface area contributed by atoms with Crippen molar-refractivity contribution in [2.75, 3.05) is 0 Å². The van der Waals surface area contributed by atoms with Gasteiger partial charge in [-0.3, -0.25) is 0 Å². The molecule has 5 heteroatoms. The van der Waals surface area contributed by atoms with E-state index in [9.17, 15) is 13.2 Å². The minimum atomic E-state index is -4.28. The zero-order valence-corrected chi connectivity index (χ0v) is 8.10. The maximum Gasteiger partial charge on any atom is 0.416 e. The lowest BCUT2D eigenvalue weighted by Gasteiger charge is -2.04. The molecule has 0 aliphatic rings. The van der Waals surface area contributed by atoms with Gasteiger partial charge in [-0.05, 0) is 19.1 Å². The summed E-state index contributed by atoms with van der Waals surface area (Å²) in [6, 6.07) is 3.69. The zero-order valence-electron chi connectivity index (χ0n) is 8.10. The van der Waals surface area contributed by atoms with Crippen molar-refractivity contribution < 1.29 is 17.7 Å². The fourth-order valence-electron chi connectivity index (χ4n) is 1.55. The Morgan fingerprint density at radius 1 is 1.33 bits per heavy atom. The average Bonchev–Trinajstić information content (AvgIpc) is 2.57. The molecule has 15 heavy (non-hydrogen) atoms. The molecule has 2 rings (SSSR count). The molecule has 80 valence electrons. The van der Waals surface area contributed by atoms with Crippen molar-refractivity contribution in [3.05, 3.63) is 30.1 Å². The van der Waals surface area contributed by atoms with Crippen molar-refractivity contribution in [1.29, 1.82) is 0 Å². The Bertz CT molecular complexity index is 485. The van der Waals surface area contributed by atoms with E-state index in [1.54, 1.807) is 10.9 Å². The summed E-state index contributed by atoms with van der Waals surface area (Å²) in [4.78, 5) is 2.91. The molecule has 0 spiro atoms. The molecule has 0 saturated heterocycles. The maximum absolute atomic E-state index is 12.4. The van der Waals surface area contributed by atoms with Crippen LogP contribution in [-0.2, 0) is 12.7 Å². The Balaban J connectivity index is 2.63. The van der Waals surface area contributed by atoms with Crippen LogP contribution in [0.1, 0.15) is 12.5 Å². The van der Waals surface area contributed by atoms with E-state index < -0.39 is 11.7 Å². The lowest BCUT2D eigenvalue weighted by atomic mass is 10.2. The number of aromatic amines is 1. The highest BCUT2D eigenvalue weighted by atomic mass is 19.4. The molecule has 0 radical (unpaired) electrons. The van der Waals surface area contributed by atoms with Crippen LogP contribution in [0.3, 0.4) is 0 Å². The van der Waals surface area contributed by atoms with E-state index in [0.717, 1.165) is 12.1 Å². The van der Waals surface area contributed by atoms with Crippen LogP contribution in [0.5, 0.6) is 0 Å². The summed E-state index contributed by atoms with van der Waals surface area (Å²) in [5, 5.41) is 0. The number of H-pyrrole nitrogens is 1. The first kappa shape index (κ1) is 10.0. The smallest absolute Gasteiger partial charge is 0.243 e. The summed E-state index contributed by atoms with van der Waals surface area (Å²) in [7, 11) is 0. The van der Waals surface area contributed by atoms with Crippen LogP contribution >= 0.6 is 0 Å². The number of hydrogen-bond donors (Lipinski definition) is 1. The van der Waals surface area contributed by atoms with Crippen LogP contribution < -0.4 is 4.57 Å². The number of rotatable bonds is 1. The van der Waals surface area contributed by atoms with Gasteiger partial charge >= 0.3 is 6.18 Å². The number of imidazole rings is 1. The van der Waals surface area contributed by atoms with Gasteiger partial charge in [0.05, 0.1) is 12.1 Å². The molecule has 0 bridgehead atoms. The first-order chi connectivity index (χ1) is 7.02. The normalized spacial score (nSPS) is 12.3. The Morgan fingerprint density at radius 2 is 2.07 bits per heavy atom. The van der Waals surface area contributed by atoms with E-state index in [1.165, 1.54) is 6.07 Å². The molecule has 0 atom stereocenters. The van der Waals surface area contributed by atoms with Gasteiger partial charge in [-0.15, -0.1) is 0 Å². The lowest BCUT2D eigenvalue weighted by molar-refractivity contribution is -0.667. The summed E-state index contributed by atoms with van der Waals surface area (Å²) in [6.45, 7) is 2.52.